The molecule has 9 nitrogen and oxygen atoms in total. The van der Waals surface area contributed by atoms with Crippen molar-refractivity contribution in [2.45, 2.75) is 12.5 Å². The molecule has 1 aromatic carbocycles. The molecule has 2 aromatic rings. The molecular weight excluding hydrogens is 424 g/mol. The molecule has 2 N–H and O–H groups in total. The summed E-state index contributed by atoms with van der Waals surface area (Å²) in [5, 5.41) is 9.96. The van der Waals surface area contributed by atoms with E-state index in [9.17, 15) is 18.4 Å². The zero-order valence-electron chi connectivity index (χ0n) is 17.5. The molecule has 32 heavy (non-hydrogen) atoms. The summed E-state index contributed by atoms with van der Waals surface area (Å²) in [5.74, 6) is -1.73. The molecule has 2 fully saturated rings. The first-order chi connectivity index (χ1) is 15.5. The monoisotopic (exact) mass is 449 g/mol. The molecule has 0 spiro atoms. The van der Waals surface area contributed by atoms with E-state index in [0.29, 0.717) is 44.9 Å². The molecule has 3 heterocycles. The Hall–Kier alpha value is -3.05. The highest BCUT2D eigenvalue weighted by atomic mass is 19.2. The van der Waals surface area contributed by atoms with Gasteiger partial charge in [-0.2, -0.15) is 5.10 Å². The van der Waals surface area contributed by atoms with Gasteiger partial charge in [-0.3, -0.25) is 19.6 Å². The van der Waals surface area contributed by atoms with Crippen LogP contribution < -0.4 is 10.1 Å². The van der Waals surface area contributed by atoms with Crippen LogP contribution in [0.2, 0.25) is 0 Å². The summed E-state index contributed by atoms with van der Waals surface area (Å²) >= 11 is 0. The summed E-state index contributed by atoms with van der Waals surface area (Å²) in [5.41, 5.74) is 1.48. The molecule has 2 aliphatic rings. The number of nitrogens with zero attached hydrogens (tertiary/aromatic N) is 3. The van der Waals surface area contributed by atoms with Gasteiger partial charge in [0.25, 0.3) is 0 Å². The lowest BCUT2D eigenvalue weighted by atomic mass is 10.2. The molecule has 0 radical (unpaired) electrons. The second kappa shape index (κ2) is 10.0. The van der Waals surface area contributed by atoms with Gasteiger partial charge >= 0.3 is 0 Å². The lowest BCUT2D eigenvalue weighted by Crippen LogP contribution is -2.52. The molecule has 0 bridgehead atoms. The average molecular weight is 449 g/mol. The summed E-state index contributed by atoms with van der Waals surface area (Å²) in [6.45, 7) is 3.17. The maximum atomic E-state index is 13.2. The van der Waals surface area contributed by atoms with Crippen LogP contribution in [-0.2, 0) is 20.7 Å². The Morgan fingerprint density at radius 2 is 2.12 bits per heavy atom. The molecule has 2 aliphatic heterocycles. The van der Waals surface area contributed by atoms with E-state index in [-0.39, 0.29) is 43.4 Å². The van der Waals surface area contributed by atoms with Crippen LogP contribution in [0.1, 0.15) is 17.5 Å². The van der Waals surface area contributed by atoms with Crippen molar-refractivity contribution in [3.63, 3.8) is 0 Å². The quantitative estimate of drug-likeness (QED) is 0.644. The van der Waals surface area contributed by atoms with E-state index in [1.807, 2.05) is 11.0 Å². The van der Waals surface area contributed by atoms with Crippen LogP contribution in [0.15, 0.2) is 24.3 Å². The number of benzene rings is 1. The lowest BCUT2D eigenvalue weighted by Gasteiger charge is -2.34. The van der Waals surface area contributed by atoms with Crippen molar-refractivity contribution in [1.29, 1.82) is 0 Å². The van der Waals surface area contributed by atoms with Gasteiger partial charge in [-0.05, 0) is 18.2 Å². The number of halogens is 2. The Morgan fingerprint density at radius 1 is 1.25 bits per heavy atom. The van der Waals surface area contributed by atoms with Crippen molar-refractivity contribution in [2.75, 3.05) is 52.5 Å². The predicted octanol–water partition coefficient (Wildman–Crippen LogP) is 0.641. The van der Waals surface area contributed by atoms with E-state index in [1.165, 1.54) is 6.07 Å². The van der Waals surface area contributed by atoms with Crippen LogP contribution >= 0.6 is 0 Å². The van der Waals surface area contributed by atoms with Gasteiger partial charge in [0, 0.05) is 37.8 Å². The minimum atomic E-state index is -0.955. The van der Waals surface area contributed by atoms with Crippen LogP contribution in [0.3, 0.4) is 0 Å². The summed E-state index contributed by atoms with van der Waals surface area (Å²) in [6, 6.07) is 5.24. The number of amides is 2. The Balaban J connectivity index is 1.27. The zero-order chi connectivity index (χ0) is 22.5. The van der Waals surface area contributed by atoms with E-state index in [0.717, 1.165) is 17.8 Å². The molecule has 1 aromatic heterocycles. The maximum Gasteiger partial charge on any atom is 0.236 e. The third-order valence-electron chi connectivity index (χ3n) is 5.41. The number of ether oxygens (including phenoxy) is 2. The Kier molecular flexibility index (Phi) is 6.96. The third kappa shape index (κ3) is 5.60. The number of morpholine rings is 1. The van der Waals surface area contributed by atoms with E-state index < -0.39 is 11.6 Å². The molecular formula is C21H25F2N5O4. The van der Waals surface area contributed by atoms with Crippen LogP contribution in [0.4, 0.5) is 8.78 Å². The second-order valence-corrected chi connectivity index (χ2v) is 7.75. The van der Waals surface area contributed by atoms with Gasteiger partial charge in [0.1, 0.15) is 11.9 Å². The van der Waals surface area contributed by atoms with Crippen molar-refractivity contribution in [2.24, 2.45) is 0 Å². The smallest absolute Gasteiger partial charge is 0.236 e. The Labute approximate surface area is 183 Å². The zero-order valence-corrected chi connectivity index (χ0v) is 17.5. The topological polar surface area (TPSA) is 99.8 Å². The van der Waals surface area contributed by atoms with Crippen molar-refractivity contribution in [1.82, 2.24) is 25.3 Å². The maximum absolute atomic E-state index is 13.2. The van der Waals surface area contributed by atoms with Crippen molar-refractivity contribution < 1.29 is 27.8 Å². The van der Waals surface area contributed by atoms with Crippen molar-refractivity contribution >= 4 is 11.8 Å². The Bertz CT molecular complexity index is 969. The van der Waals surface area contributed by atoms with Gasteiger partial charge in [0.2, 0.25) is 11.8 Å². The molecule has 4 rings (SSSR count). The van der Waals surface area contributed by atoms with E-state index in [2.05, 4.69) is 15.5 Å². The molecule has 2 saturated heterocycles. The number of H-pyrrole nitrogens is 1. The number of hydrogen-bond acceptors (Lipinski definition) is 6. The number of carbonyl (C=O) groups is 2. The van der Waals surface area contributed by atoms with E-state index >= 15 is 0 Å². The van der Waals surface area contributed by atoms with Crippen molar-refractivity contribution in [3.05, 3.63) is 47.3 Å². The highest BCUT2D eigenvalue weighted by Crippen LogP contribution is 2.22. The molecule has 11 heteroatoms. The number of aromatic nitrogens is 2. The first kappa shape index (κ1) is 22.2. The standard InChI is InChI=1S/C21H25F2N5O4/c22-16-2-1-15(10-17(16)23)31-7-3-14-9-18(26-25-14)19-11-28(6-8-32-19)21(30)13-27-5-4-24-20(29)12-27/h1-2,9-10,19H,3-8,11-13H2,(H,24,29)(H,25,26). The van der Waals surface area contributed by atoms with Crippen molar-refractivity contribution in [3.8, 4) is 5.75 Å². The van der Waals surface area contributed by atoms with Gasteiger partial charge in [-0.1, -0.05) is 0 Å². The number of rotatable bonds is 7. The van der Waals surface area contributed by atoms with Gasteiger partial charge in [0.15, 0.2) is 11.6 Å². The fraction of sp³-hybridized carbons (Fsp3) is 0.476. The highest BCUT2D eigenvalue weighted by Gasteiger charge is 2.29. The number of piperazine rings is 1. The first-order valence-corrected chi connectivity index (χ1v) is 10.5. The fourth-order valence-corrected chi connectivity index (χ4v) is 3.69. The van der Waals surface area contributed by atoms with Crippen LogP contribution in [-0.4, -0.2) is 84.3 Å². The first-order valence-electron chi connectivity index (χ1n) is 10.5. The average Bonchev–Trinajstić information content (AvgIpc) is 3.25. The SMILES string of the molecule is O=C1CN(CC(=O)N2CCOC(c3cc(CCOc4ccc(F)c(F)c4)[nH]n3)C2)CCN1. The molecule has 0 saturated carbocycles. The van der Waals surface area contributed by atoms with Crippen LogP contribution in [0, 0.1) is 11.6 Å². The normalized spacial score (nSPS) is 19.6. The number of carbonyl (C=O) groups excluding carboxylic acids is 2. The summed E-state index contributed by atoms with van der Waals surface area (Å²) in [4.78, 5) is 27.8. The van der Waals surface area contributed by atoms with Crippen LogP contribution in [0.25, 0.3) is 0 Å². The molecule has 2 amide bonds. The van der Waals surface area contributed by atoms with Gasteiger partial charge in [-0.25, -0.2) is 8.78 Å². The molecule has 0 aliphatic carbocycles. The van der Waals surface area contributed by atoms with Gasteiger partial charge in [0.05, 0.1) is 38.5 Å². The summed E-state index contributed by atoms with van der Waals surface area (Å²) < 4.78 is 37.5. The fourth-order valence-electron chi connectivity index (χ4n) is 3.69. The summed E-state index contributed by atoms with van der Waals surface area (Å²) in [6.07, 6.45) is 0.132. The van der Waals surface area contributed by atoms with E-state index in [1.54, 1.807) is 4.90 Å². The minimum Gasteiger partial charge on any atom is -0.493 e. The Morgan fingerprint density at radius 3 is 2.94 bits per heavy atom. The van der Waals surface area contributed by atoms with Gasteiger partial charge < -0.3 is 19.7 Å². The summed E-state index contributed by atoms with van der Waals surface area (Å²) in [7, 11) is 0. The van der Waals surface area contributed by atoms with Crippen LogP contribution in [0.5, 0.6) is 5.75 Å². The molecule has 1 unspecified atom stereocenters. The third-order valence-corrected chi connectivity index (χ3v) is 5.41. The number of aromatic amines is 1. The number of nitrogens with one attached hydrogen (secondary N) is 2. The van der Waals surface area contributed by atoms with E-state index in [4.69, 9.17) is 9.47 Å². The minimum absolute atomic E-state index is 0.0383. The second-order valence-electron chi connectivity index (χ2n) is 7.75. The molecule has 1 atom stereocenters. The largest absolute Gasteiger partial charge is 0.493 e. The lowest BCUT2D eigenvalue weighted by molar-refractivity contribution is -0.141. The van der Waals surface area contributed by atoms with Gasteiger partial charge in [-0.15, -0.1) is 0 Å². The highest BCUT2D eigenvalue weighted by molar-refractivity contribution is 5.82. The molecule has 172 valence electrons. The number of hydrogen-bond donors (Lipinski definition) is 2. The predicted molar refractivity (Wildman–Crippen MR) is 109 cm³/mol.